The van der Waals surface area contributed by atoms with Gasteiger partial charge in [-0.3, -0.25) is 9.59 Å². The molecule has 0 saturated carbocycles. The molecule has 22 heavy (non-hydrogen) atoms. The van der Waals surface area contributed by atoms with Gasteiger partial charge >= 0.3 is 0 Å². The first-order chi connectivity index (χ1) is 10.5. The van der Waals surface area contributed by atoms with Gasteiger partial charge in [-0.25, -0.2) is 0 Å². The van der Waals surface area contributed by atoms with Crippen LogP contribution in [0.25, 0.3) is 0 Å². The maximum absolute atomic E-state index is 12.1. The number of anilines is 1. The van der Waals surface area contributed by atoms with Crippen molar-refractivity contribution in [3.8, 4) is 0 Å². The Bertz CT molecular complexity index is 681. The Balaban J connectivity index is 2.11. The van der Waals surface area contributed by atoms with Crippen LogP contribution in [0.4, 0.5) is 5.69 Å². The van der Waals surface area contributed by atoms with E-state index >= 15 is 0 Å². The number of benzene rings is 2. The van der Waals surface area contributed by atoms with E-state index in [0.29, 0.717) is 28.4 Å². The summed E-state index contributed by atoms with van der Waals surface area (Å²) in [6, 6.07) is 13.5. The van der Waals surface area contributed by atoms with Crippen molar-refractivity contribution in [3.05, 3.63) is 64.7 Å². The summed E-state index contributed by atoms with van der Waals surface area (Å²) in [7, 11) is 3.67. The molecule has 2 aromatic carbocycles. The van der Waals surface area contributed by atoms with Crippen molar-refractivity contribution in [1.29, 1.82) is 0 Å². The summed E-state index contributed by atoms with van der Waals surface area (Å²) < 4.78 is 0. The fourth-order valence-corrected chi connectivity index (χ4v) is 2.08. The van der Waals surface area contributed by atoms with Crippen LogP contribution < -0.4 is 5.32 Å². The normalized spacial score (nSPS) is 10.5. The summed E-state index contributed by atoms with van der Waals surface area (Å²) in [4.78, 5) is 26.0. The Labute approximate surface area is 134 Å². The number of Topliss-reactive ketones (excluding diaryl/α,β-unsaturated/α-hetero) is 1. The van der Waals surface area contributed by atoms with Gasteiger partial charge in [-0.15, -0.1) is 0 Å². The van der Waals surface area contributed by atoms with Gasteiger partial charge in [0, 0.05) is 21.8 Å². The van der Waals surface area contributed by atoms with E-state index in [1.165, 1.54) is 0 Å². The SMILES string of the molecule is CN(C)CC(=O)c1cccc(NC(=O)c2ccc(Cl)cc2)c1. The Morgan fingerprint density at radius 2 is 1.73 bits per heavy atom. The molecule has 1 amide bonds. The van der Waals surface area contributed by atoms with Gasteiger partial charge in [0.05, 0.1) is 6.54 Å². The Morgan fingerprint density at radius 3 is 2.36 bits per heavy atom. The molecule has 0 saturated heterocycles. The summed E-state index contributed by atoms with van der Waals surface area (Å²) in [5.74, 6) is -0.235. The van der Waals surface area contributed by atoms with E-state index in [-0.39, 0.29) is 11.7 Å². The average Bonchev–Trinajstić information content (AvgIpc) is 2.47. The molecular formula is C17H17ClN2O2. The minimum atomic E-state index is -0.242. The van der Waals surface area contributed by atoms with Crippen molar-refractivity contribution < 1.29 is 9.59 Å². The number of nitrogens with zero attached hydrogens (tertiary/aromatic N) is 1. The third-order valence-electron chi connectivity index (χ3n) is 3.01. The van der Waals surface area contributed by atoms with Crippen LogP contribution in [0.5, 0.6) is 0 Å². The van der Waals surface area contributed by atoms with Crippen LogP contribution in [0.3, 0.4) is 0 Å². The smallest absolute Gasteiger partial charge is 0.255 e. The molecule has 0 atom stereocenters. The number of amides is 1. The first-order valence-corrected chi connectivity index (χ1v) is 7.18. The van der Waals surface area contributed by atoms with Crippen molar-refractivity contribution in [1.82, 2.24) is 4.90 Å². The molecule has 0 aliphatic rings. The molecule has 0 radical (unpaired) electrons. The number of rotatable bonds is 5. The fraction of sp³-hybridized carbons (Fsp3) is 0.176. The van der Waals surface area contributed by atoms with Crippen LogP contribution in [0, 0.1) is 0 Å². The number of ketones is 1. The Kier molecular flexibility index (Phi) is 5.31. The first kappa shape index (κ1) is 16.2. The second kappa shape index (κ2) is 7.20. The first-order valence-electron chi connectivity index (χ1n) is 6.80. The number of carbonyl (C=O) groups excluding carboxylic acids is 2. The van der Waals surface area contributed by atoms with E-state index in [1.54, 1.807) is 53.4 Å². The monoisotopic (exact) mass is 316 g/mol. The number of hydrogen-bond acceptors (Lipinski definition) is 3. The zero-order chi connectivity index (χ0) is 16.1. The summed E-state index contributed by atoms with van der Waals surface area (Å²) in [5.41, 5.74) is 1.67. The standard InChI is InChI=1S/C17H17ClN2O2/c1-20(2)11-16(21)13-4-3-5-15(10-13)19-17(22)12-6-8-14(18)9-7-12/h3-10H,11H2,1-2H3,(H,19,22). The lowest BCUT2D eigenvalue weighted by Gasteiger charge is -2.10. The summed E-state index contributed by atoms with van der Waals surface area (Å²) >= 11 is 5.80. The minimum Gasteiger partial charge on any atom is -0.322 e. The molecule has 2 rings (SSSR count). The number of nitrogens with one attached hydrogen (secondary N) is 1. The molecule has 0 aromatic heterocycles. The minimum absolute atomic E-state index is 0.00703. The highest BCUT2D eigenvalue weighted by Gasteiger charge is 2.10. The van der Waals surface area contributed by atoms with Gasteiger partial charge in [-0.1, -0.05) is 23.7 Å². The zero-order valence-electron chi connectivity index (χ0n) is 12.5. The molecule has 0 aliphatic heterocycles. The third kappa shape index (κ3) is 4.41. The maximum Gasteiger partial charge on any atom is 0.255 e. The van der Waals surface area contributed by atoms with Crippen molar-refractivity contribution in [2.75, 3.05) is 26.0 Å². The van der Waals surface area contributed by atoms with Gasteiger partial charge in [0.2, 0.25) is 0 Å². The molecular weight excluding hydrogens is 300 g/mol. The predicted molar refractivity (Wildman–Crippen MR) is 88.7 cm³/mol. The fourth-order valence-electron chi connectivity index (χ4n) is 1.95. The van der Waals surface area contributed by atoms with Crippen LogP contribution >= 0.6 is 11.6 Å². The topological polar surface area (TPSA) is 49.4 Å². The quantitative estimate of drug-likeness (QED) is 0.861. The van der Waals surface area contributed by atoms with Crippen molar-refractivity contribution in [2.24, 2.45) is 0 Å². The van der Waals surface area contributed by atoms with Crippen molar-refractivity contribution >= 4 is 29.0 Å². The highest BCUT2D eigenvalue weighted by molar-refractivity contribution is 6.30. The zero-order valence-corrected chi connectivity index (χ0v) is 13.2. The highest BCUT2D eigenvalue weighted by Crippen LogP contribution is 2.15. The van der Waals surface area contributed by atoms with E-state index in [1.807, 2.05) is 14.1 Å². The van der Waals surface area contributed by atoms with Gasteiger partial charge in [-0.05, 0) is 50.5 Å². The second-order valence-corrected chi connectivity index (χ2v) is 5.64. The van der Waals surface area contributed by atoms with Gasteiger partial charge in [0.25, 0.3) is 5.91 Å². The van der Waals surface area contributed by atoms with Gasteiger partial charge in [0.15, 0.2) is 5.78 Å². The van der Waals surface area contributed by atoms with Crippen LogP contribution in [-0.4, -0.2) is 37.2 Å². The highest BCUT2D eigenvalue weighted by atomic mass is 35.5. The maximum atomic E-state index is 12.1. The van der Waals surface area contributed by atoms with Crippen LogP contribution in [0.1, 0.15) is 20.7 Å². The predicted octanol–water partition coefficient (Wildman–Crippen LogP) is 3.34. The lowest BCUT2D eigenvalue weighted by atomic mass is 10.1. The molecule has 2 aromatic rings. The lowest BCUT2D eigenvalue weighted by Crippen LogP contribution is -2.21. The van der Waals surface area contributed by atoms with Crippen molar-refractivity contribution in [3.63, 3.8) is 0 Å². The molecule has 0 aliphatic carbocycles. The number of hydrogen-bond donors (Lipinski definition) is 1. The van der Waals surface area contributed by atoms with Crippen LogP contribution in [0.15, 0.2) is 48.5 Å². The number of carbonyl (C=O) groups is 2. The van der Waals surface area contributed by atoms with Gasteiger partial charge < -0.3 is 10.2 Å². The largest absolute Gasteiger partial charge is 0.322 e. The average molecular weight is 317 g/mol. The summed E-state index contributed by atoms with van der Waals surface area (Å²) in [6.07, 6.45) is 0. The molecule has 0 unspecified atom stereocenters. The van der Waals surface area contributed by atoms with E-state index in [0.717, 1.165) is 0 Å². The van der Waals surface area contributed by atoms with Gasteiger partial charge in [0.1, 0.15) is 0 Å². The van der Waals surface area contributed by atoms with E-state index in [4.69, 9.17) is 11.6 Å². The second-order valence-electron chi connectivity index (χ2n) is 5.20. The molecule has 5 heteroatoms. The summed E-state index contributed by atoms with van der Waals surface area (Å²) in [5, 5.41) is 3.36. The molecule has 1 N–H and O–H groups in total. The molecule has 0 bridgehead atoms. The van der Waals surface area contributed by atoms with Gasteiger partial charge in [-0.2, -0.15) is 0 Å². The Morgan fingerprint density at radius 1 is 1.05 bits per heavy atom. The van der Waals surface area contributed by atoms with Crippen molar-refractivity contribution in [2.45, 2.75) is 0 Å². The molecule has 0 fully saturated rings. The molecule has 0 heterocycles. The molecule has 0 spiro atoms. The third-order valence-corrected chi connectivity index (χ3v) is 3.26. The van der Waals surface area contributed by atoms with E-state index in [2.05, 4.69) is 5.32 Å². The summed E-state index contributed by atoms with van der Waals surface area (Å²) in [6.45, 7) is 0.328. The Hall–Kier alpha value is -2.17. The molecule has 4 nitrogen and oxygen atoms in total. The van der Waals surface area contributed by atoms with Crippen LogP contribution in [0.2, 0.25) is 5.02 Å². The van der Waals surface area contributed by atoms with E-state index in [9.17, 15) is 9.59 Å². The lowest BCUT2D eigenvalue weighted by molar-refractivity contribution is 0.0956. The number of likely N-dealkylation sites (N-methyl/N-ethyl adjacent to an activating group) is 1. The van der Waals surface area contributed by atoms with E-state index < -0.39 is 0 Å². The number of halogens is 1. The van der Waals surface area contributed by atoms with Crippen LogP contribution in [-0.2, 0) is 0 Å². The molecule has 114 valence electrons.